The van der Waals surface area contributed by atoms with Crippen molar-refractivity contribution in [2.24, 2.45) is 0 Å². The Hall–Kier alpha value is -1.81. The SMILES string of the molecule is CCCNC(=O)C(C)Nc1ccc(Cl)c2cccnc12. The van der Waals surface area contributed by atoms with Gasteiger partial charge in [-0.05, 0) is 37.6 Å². The minimum Gasteiger partial charge on any atom is -0.372 e. The van der Waals surface area contributed by atoms with Crippen LogP contribution in [0.1, 0.15) is 20.3 Å². The Bertz CT molecular complexity index is 615. The van der Waals surface area contributed by atoms with Crippen LogP contribution in [0.5, 0.6) is 0 Å². The fraction of sp³-hybridized carbons (Fsp3) is 0.333. The fourth-order valence-electron chi connectivity index (χ4n) is 1.95. The minimum absolute atomic E-state index is 0.0223. The summed E-state index contributed by atoms with van der Waals surface area (Å²) in [6, 6.07) is 7.09. The lowest BCUT2D eigenvalue weighted by Gasteiger charge is -2.16. The van der Waals surface area contributed by atoms with Crippen molar-refractivity contribution in [1.29, 1.82) is 0 Å². The third-order valence-corrected chi connectivity index (χ3v) is 3.36. The molecule has 0 aliphatic heterocycles. The van der Waals surface area contributed by atoms with Gasteiger partial charge in [0.25, 0.3) is 0 Å². The van der Waals surface area contributed by atoms with Gasteiger partial charge < -0.3 is 10.6 Å². The van der Waals surface area contributed by atoms with Crippen LogP contribution in [0, 0.1) is 0 Å². The van der Waals surface area contributed by atoms with Crippen molar-refractivity contribution in [3.8, 4) is 0 Å². The highest BCUT2D eigenvalue weighted by Gasteiger charge is 2.14. The number of nitrogens with one attached hydrogen (secondary N) is 2. The first-order chi connectivity index (χ1) is 9.63. The molecule has 0 aliphatic rings. The lowest BCUT2D eigenvalue weighted by molar-refractivity contribution is -0.121. The number of carbonyl (C=O) groups is 1. The second-order valence-electron chi connectivity index (χ2n) is 4.65. The predicted octanol–water partition coefficient (Wildman–Crippen LogP) is 3.21. The molecule has 2 aromatic rings. The van der Waals surface area contributed by atoms with Crippen LogP contribution in [0.3, 0.4) is 0 Å². The molecule has 0 saturated carbocycles. The molecule has 20 heavy (non-hydrogen) atoms. The molecule has 1 atom stereocenters. The van der Waals surface area contributed by atoms with Crippen LogP contribution in [-0.4, -0.2) is 23.5 Å². The van der Waals surface area contributed by atoms with Crippen molar-refractivity contribution < 1.29 is 4.79 Å². The standard InChI is InChI=1S/C15H18ClN3O/c1-3-8-18-15(20)10(2)19-13-7-6-12(16)11-5-4-9-17-14(11)13/h4-7,9-10,19H,3,8H2,1-2H3,(H,18,20). The van der Waals surface area contributed by atoms with Gasteiger partial charge in [0.2, 0.25) is 5.91 Å². The number of amides is 1. The second kappa shape index (κ2) is 6.57. The molecular weight excluding hydrogens is 274 g/mol. The Labute approximate surface area is 123 Å². The van der Waals surface area contributed by atoms with Crippen molar-refractivity contribution in [2.75, 3.05) is 11.9 Å². The maximum absolute atomic E-state index is 11.9. The first-order valence-corrected chi connectivity index (χ1v) is 7.08. The summed E-state index contributed by atoms with van der Waals surface area (Å²) < 4.78 is 0. The number of fused-ring (bicyclic) bond motifs is 1. The van der Waals surface area contributed by atoms with Crippen molar-refractivity contribution in [2.45, 2.75) is 26.3 Å². The fourth-order valence-corrected chi connectivity index (χ4v) is 2.17. The molecule has 1 unspecified atom stereocenters. The van der Waals surface area contributed by atoms with Crippen LogP contribution in [0.15, 0.2) is 30.5 Å². The summed E-state index contributed by atoms with van der Waals surface area (Å²) in [5.74, 6) is -0.0223. The van der Waals surface area contributed by atoms with Gasteiger partial charge in [0.1, 0.15) is 6.04 Å². The van der Waals surface area contributed by atoms with Crippen LogP contribution >= 0.6 is 11.6 Å². The number of hydrogen-bond acceptors (Lipinski definition) is 3. The number of pyridine rings is 1. The monoisotopic (exact) mass is 291 g/mol. The largest absolute Gasteiger partial charge is 0.372 e. The molecule has 4 nitrogen and oxygen atoms in total. The highest BCUT2D eigenvalue weighted by Crippen LogP contribution is 2.28. The van der Waals surface area contributed by atoms with Gasteiger partial charge in [-0.25, -0.2) is 0 Å². The molecule has 2 rings (SSSR count). The maximum atomic E-state index is 11.9. The van der Waals surface area contributed by atoms with E-state index in [1.54, 1.807) is 6.20 Å². The number of hydrogen-bond donors (Lipinski definition) is 2. The lowest BCUT2D eigenvalue weighted by Crippen LogP contribution is -2.37. The van der Waals surface area contributed by atoms with E-state index >= 15 is 0 Å². The molecule has 1 amide bonds. The summed E-state index contributed by atoms with van der Waals surface area (Å²) in [7, 11) is 0. The average molecular weight is 292 g/mol. The molecular formula is C15H18ClN3O. The Morgan fingerprint density at radius 1 is 1.40 bits per heavy atom. The van der Waals surface area contributed by atoms with Gasteiger partial charge in [0, 0.05) is 18.1 Å². The summed E-state index contributed by atoms with van der Waals surface area (Å²) in [5, 5.41) is 7.58. The summed E-state index contributed by atoms with van der Waals surface area (Å²) in [6.07, 6.45) is 2.63. The van der Waals surface area contributed by atoms with Gasteiger partial charge in [0.05, 0.1) is 16.2 Å². The average Bonchev–Trinajstić information content (AvgIpc) is 2.47. The van der Waals surface area contributed by atoms with Crippen molar-refractivity contribution in [3.05, 3.63) is 35.5 Å². The van der Waals surface area contributed by atoms with Crippen LogP contribution in [0.2, 0.25) is 5.02 Å². The van der Waals surface area contributed by atoms with Crippen LogP contribution < -0.4 is 10.6 Å². The number of aromatic nitrogens is 1. The molecule has 0 saturated heterocycles. The Balaban J connectivity index is 2.22. The predicted molar refractivity (Wildman–Crippen MR) is 83.1 cm³/mol. The number of carbonyl (C=O) groups excluding carboxylic acids is 1. The van der Waals surface area contributed by atoms with E-state index in [2.05, 4.69) is 15.6 Å². The molecule has 2 N–H and O–H groups in total. The van der Waals surface area contributed by atoms with Crippen LogP contribution in [0.4, 0.5) is 5.69 Å². The quantitative estimate of drug-likeness (QED) is 0.889. The molecule has 106 valence electrons. The number of benzene rings is 1. The van der Waals surface area contributed by atoms with E-state index in [1.165, 1.54) is 0 Å². The zero-order valence-corrected chi connectivity index (χ0v) is 12.4. The summed E-state index contributed by atoms with van der Waals surface area (Å²) in [5.41, 5.74) is 1.58. The molecule has 0 bridgehead atoms. The van der Waals surface area contributed by atoms with E-state index in [1.807, 2.05) is 38.1 Å². The first kappa shape index (κ1) is 14.6. The highest BCUT2D eigenvalue weighted by molar-refractivity contribution is 6.35. The van der Waals surface area contributed by atoms with Gasteiger partial charge in [-0.1, -0.05) is 18.5 Å². The van der Waals surface area contributed by atoms with Gasteiger partial charge in [-0.3, -0.25) is 9.78 Å². The Morgan fingerprint density at radius 3 is 2.95 bits per heavy atom. The first-order valence-electron chi connectivity index (χ1n) is 6.71. The highest BCUT2D eigenvalue weighted by atomic mass is 35.5. The van der Waals surface area contributed by atoms with Crippen molar-refractivity contribution >= 4 is 34.1 Å². The van der Waals surface area contributed by atoms with Crippen LogP contribution in [0.25, 0.3) is 10.9 Å². The summed E-state index contributed by atoms with van der Waals surface area (Å²) in [4.78, 5) is 16.2. The Morgan fingerprint density at radius 2 is 2.20 bits per heavy atom. The van der Waals surface area contributed by atoms with Gasteiger partial charge >= 0.3 is 0 Å². The number of halogens is 1. The summed E-state index contributed by atoms with van der Waals surface area (Å²) >= 11 is 6.15. The second-order valence-corrected chi connectivity index (χ2v) is 5.06. The number of nitrogens with zero attached hydrogens (tertiary/aromatic N) is 1. The molecule has 0 fully saturated rings. The molecule has 5 heteroatoms. The Kier molecular flexibility index (Phi) is 4.79. The molecule has 1 heterocycles. The maximum Gasteiger partial charge on any atom is 0.242 e. The van der Waals surface area contributed by atoms with E-state index in [0.29, 0.717) is 11.6 Å². The molecule has 0 aliphatic carbocycles. The third kappa shape index (κ3) is 3.20. The summed E-state index contributed by atoms with van der Waals surface area (Å²) in [6.45, 7) is 4.54. The third-order valence-electron chi connectivity index (χ3n) is 3.03. The minimum atomic E-state index is -0.326. The van der Waals surface area contributed by atoms with Gasteiger partial charge in [-0.15, -0.1) is 0 Å². The zero-order valence-electron chi connectivity index (χ0n) is 11.6. The van der Waals surface area contributed by atoms with Crippen molar-refractivity contribution in [1.82, 2.24) is 10.3 Å². The lowest BCUT2D eigenvalue weighted by atomic mass is 10.1. The molecule has 1 aromatic heterocycles. The molecule has 0 radical (unpaired) electrons. The van der Waals surface area contributed by atoms with Gasteiger partial charge in [0.15, 0.2) is 0 Å². The van der Waals surface area contributed by atoms with E-state index < -0.39 is 0 Å². The molecule has 1 aromatic carbocycles. The zero-order chi connectivity index (χ0) is 14.5. The smallest absolute Gasteiger partial charge is 0.242 e. The van der Waals surface area contributed by atoms with Crippen LogP contribution in [-0.2, 0) is 4.79 Å². The number of anilines is 1. The van der Waals surface area contributed by atoms with E-state index in [0.717, 1.165) is 23.0 Å². The topological polar surface area (TPSA) is 54.0 Å². The van der Waals surface area contributed by atoms with E-state index in [-0.39, 0.29) is 11.9 Å². The van der Waals surface area contributed by atoms with E-state index in [4.69, 9.17) is 11.6 Å². The molecule has 0 spiro atoms. The van der Waals surface area contributed by atoms with Gasteiger partial charge in [-0.2, -0.15) is 0 Å². The van der Waals surface area contributed by atoms with Crippen molar-refractivity contribution in [3.63, 3.8) is 0 Å². The number of rotatable bonds is 5. The normalized spacial score (nSPS) is 12.2. The van der Waals surface area contributed by atoms with E-state index in [9.17, 15) is 4.79 Å².